The number of aryl methyl sites for hydroxylation is 1. The van der Waals surface area contributed by atoms with Crippen molar-refractivity contribution >= 4 is 34.3 Å². The molecule has 30 heavy (non-hydrogen) atoms. The third-order valence-corrected chi connectivity index (χ3v) is 4.52. The lowest BCUT2D eigenvalue weighted by atomic mass is 10.1. The highest BCUT2D eigenvalue weighted by Crippen LogP contribution is 2.11. The number of Topliss-reactive ketones (excluding diaryl/α,β-unsaturated/α-hetero) is 1. The Morgan fingerprint density at radius 1 is 1.07 bits per heavy atom. The number of anilines is 1. The minimum Gasteiger partial charge on any atom is -0.457 e. The topological polar surface area (TPSA) is 107 Å². The molecule has 1 aromatic heterocycles. The van der Waals surface area contributed by atoms with Crippen molar-refractivity contribution < 1.29 is 19.1 Å². The van der Waals surface area contributed by atoms with Gasteiger partial charge in [0, 0.05) is 31.6 Å². The first-order chi connectivity index (χ1) is 14.3. The van der Waals surface area contributed by atoms with Crippen LogP contribution in [0, 0.1) is 0 Å². The fraction of sp³-hybridized carbons (Fsp3) is 0.227. The van der Waals surface area contributed by atoms with Crippen LogP contribution in [-0.4, -0.2) is 33.8 Å². The van der Waals surface area contributed by atoms with E-state index < -0.39 is 5.97 Å². The summed E-state index contributed by atoms with van der Waals surface area (Å²) in [6.07, 6.45) is 0.211. The minimum atomic E-state index is -0.555. The highest BCUT2D eigenvalue weighted by Gasteiger charge is 2.13. The predicted molar refractivity (Wildman–Crippen MR) is 111 cm³/mol. The van der Waals surface area contributed by atoms with Gasteiger partial charge in [-0.25, -0.2) is 4.98 Å². The van der Waals surface area contributed by atoms with Crippen molar-refractivity contribution in [2.24, 2.45) is 7.05 Å². The lowest BCUT2D eigenvalue weighted by Gasteiger charge is -2.09. The van der Waals surface area contributed by atoms with Crippen molar-refractivity contribution in [2.45, 2.75) is 19.8 Å². The van der Waals surface area contributed by atoms with Crippen LogP contribution in [-0.2, 0) is 27.8 Å². The monoisotopic (exact) mass is 407 g/mol. The second-order valence-electron chi connectivity index (χ2n) is 6.75. The lowest BCUT2D eigenvalue weighted by Crippen LogP contribution is -2.23. The Bertz CT molecular complexity index is 1170. The van der Waals surface area contributed by atoms with Gasteiger partial charge in [-0.2, -0.15) is 0 Å². The van der Waals surface area contributed by atoms with Crippen LogP contribution < -0.4 is 10.9 Å². The summed E-state index contributed by atoms with van der Waals surface area (Å²) in [5.74, 6) is -0.647. The molecule has 8 nitrogen and oxygen atoms in total. The van der Waals surface area contributed by atoms with Crippen LogP contribution in [0.4, 0.5) is 5.69 Å². The van der Waals surface area contributed by atoms with Gasteiger partial charge in [-0.3, -0.25) is 23.7 Å². The molecule has 0 radical (unpaired) electrons. The normalized spacial score (nSPS) is 10.6. The number of ether oxygens (including phenoxy) is 1. The molecule has 2 aromatic carbocycles. The van der Waals surface area contributed by atoms with Crippen molar-refractivity contribution in [1.29, 1.82) is 0 Å². The van der Waals surface area contributed by atoms with E-state index in [1.165, 1.54) is 11.5 Å². The average molecular weight is 407 g/mol. The molecule has 0 saturated carbocycles. The molecule has 154 valence electrons. The molecule has 1 heterocycles. The van der Waals surface area contributed by atoms with Crippen LogP contribution in [0.1, 0.15) is 29.5 Å². The average Bonchev–Trinajstić information content (AvgIpc) is 2.73. The molecule has 8 heteroatoms. The fourth-order valence-corrected chi connectivity index (χ4v) is 2.95. The Morgan fingerprint density at radius 3 is 2.47 bits per heavy atom. The molecule has 0 unspecified atom stereocenters. The van der Waals surface area contributed by atoms with Gasteiger partial charge in [0.2, 0.25) is 5.91 Å². The molecule has 0 aliphatic carbocycles. The lowest BCUT2D eigenvalue weighted by molar-refractivity contribution is -0.142. The maximum Gasteiger partial charge on any atom is 0.306 e. The number of hydrogen-bond acceptors (Lipinski definition) is 6. The largest absolute Gasteiger partial charge is 0.457 e. The third kappa shape index (κ3) is 4.96. The summed E-state index contributed by atoms with van der Waals surface area (Å²) in [6, 6.07) is 13.3. The van der Waals surface area contributed by atoms with E-state index in [0.717, 1.165) is 0 Å². The molecule has 0 spiro atoms. The number of nitrogens with zero attached hydrogens (tertiary/aromatic N) is 2. The zero-order valence-corrected chi connectivity index (χ0v) is 16.7. The summed E-state index contributed by atoms with van der Waals surface area (Å²) in [7, 11) is 1.61. The first-order valence-corrected chi connectivity index (χ1v) is 9.36. The van der Waals surface area contributed by atoms with Crippen LogP contribution in [0.2, 0.25) is 0 Å². The molecule has 0 fully saturated rings. The molecule has 1 amide bonds. The second-order valence-corrected chi connectivity index (χ2v) is 6.75. The number of esters is 1. The standard InChI is InChI=1S/C22H21N3O5/c1-14(26)23-16-9-7-15(8-10-16)19(27)13-30-21(28)12-11-20-24-18-6-4-3-5-17(18)22(29)25(20)2/h3-10H,11-13H2,1-2H3,(H,23,26). The number of amides is 1. The Balaban J connectivity index is 1.56. The van der Waals surface area contributed by atoms with E-state index in [0.29, 0.717) is 28.0 Å². The Morgan fingerprint density at radius 2 is 1.77 bits per heavy atom. The Kier molecular flexibility index (Phi) is 6.36. The first kappa shape index (κ1) is 20.9. The number of para-hydroxylation sites is 1. The van der Waals surface area contributed by atoms with Gasteiger partial charge in [0.25, 0.3) is 5.56 Å². The highest BCUT2D eigenvalue weighted by atomic mass is 16.5. The van der Waals surface area contributed by atoms with Gasteiger partial charge in [0.15, 0.2) is 12.4 Å². The Hall–Kier alpha value is -3.81. The molecular formula is C22H21N3O5. The minimum absolute atomic E-state index is 0.00658. The van der Waals surface area contributed by atoms with Crippen LogP contribution in [0.3, 0.4) is 0 Å². The van der Waals surface area contributed by atoms with Gasteiger partial charge in [-0.05, 0) is 36.4 Å². The summed E-state index contributed by atoms with van der Waals surface area (Å²) in [6.45, 7) is 1.01. The molecule has 1 N–H and O–H groups in total. The molecule has 3 aromatic rings. The smallest absolute Gasteiger partial charge is 0.306 e. The summed E-state index contributed by atoms with van der Waals surface area (Å²) in [5.41, 5.74) is 1.34. The zero-order chi connectivity index (χ0) is 21.7. The molecule has 3 rings (SSSR count). The molecular weight excluding hydrogens is 386 g/mol. The molecule has 0 atom stereocenters. The van der Waals surface area contributed by atoms with Gasteiger partial charge in [-0.15, -0.1) is 0 Å². The van der Waals surface area contributed by atoms with Crippen molar-refractivity contribution in [3.05, 3.63) is 70.3 Å². The van der Waals surface area contributed by atoms with Crippen molar-refractivity contribution in [1.82, 2.24) is 9.55 Å². The van der Waals surface area contributed by atoms with E-state index in [1.54, 1.807) is 55.6 Å². The van der Waals surface area contributed by atoms with Crippen molar-refractivity contribution in [3.8, 4) is 0 Å². The highest BCUT2D eigenvalue weighted by molar-refractivity contribution is 5.98. The van der Waals surface area contributed by atoms with Gasteiger partial charge >= 0.3 is 5.97 Å². The number of carbonyl (C=O) groups is 3. The quantitative estimate of drug-likeness (QED) is 0.475. The second kappa shape index (κ2) is 9.13. The number of fused-ring (bicyclic) bond motifs is 1. The SMILES string of the molecule is CC(=O)Nc1ccc(C(=O)COC(=O)CCc2nc3ccccc3c(=O)n2C)cc1. The molecule has 0 bridgehead atoms. The van der Waals surface area contributed by atoms with Gasteiger partial charge in [0.1, 0.15) is 5.82 Å². The van der Waals surface area contributed by atoms with E-state index in [9.17, 15) is 19.2 Å². The van der Waals surface area contributed by atoms with Gasteiger partial charge in [-0.1, -0.05) is 12.1 Å². The van der Waals surface area contributed by atoms with Crippen molar-refractivity contribution in [3.63, 3.8) is 0 Å². The van der Waals surface area contributed by atoms with E-state index in [4.69, 9.17) is 4.74 Å². The number of carbonyl (C=O) groups excluding carboxylic acids is 3. The van der Waals surface area contributed by atoms with Crippen LogP contribution in [0.15, 0.2) is 53.3 Å². The molecule has 0 saturated heterocycles. The predicted octanol–water partition coefficient (Wildman–Crippen LogP) is 2.25. The number of nitrogens with one attached hydrogen (secondary N) is 1. The number of benzene rings is 2. The van der Waals surface area contributed by atoms with Crippen LogP contribution in [0.25, 0.3) is 10.9 Å². The fourth-order valence-electron chi connectivity index (χ4n) is 2.95. The van der Waals surface area contributed by atoms with Crippen LogP contribution >= 0.6 is 0 Å². The number of aromatic nitrogens is 2. The van der Waals surface area contributed by atoms with E-state index >= 15 is 0 Å². The maximum absolute atomic E-state index is 12.4. The summed E-state index contributed by atoms with van der Waals surface area (Å²) >= 11 is 0. The van der Waals surface area contributed by atoms with Crippen LogP contribution in [0.5, 0.6) is 0 Å². The Labute approximate surface area is 172 Å². The van der Waals surface area contributed by atoms with Gasteiger partial charge in [0.05, 0.1) is 17.3 Å². The maximum atomic E-state index is 12.4. The molecule has 0 aliphatic heterocycles. The summed E-state index contributed by atoms with van der Waals surface area (Å²) < 4.78 is 6.47. The molecule has 0 aliphatic rings. The van der Waals surface area contributed by atoms with E-state index in [-0.39, 0.29) is 36.7 Å². The van der Waals surface area contributed by atoms with E-state index in [1.807, 2.05) is 0 Å². The summed E-state index contributed by atoms with van der Waals surface area (Å²) in [5, 5.41) is 3.12. The third-order valence-electron chi connectivity index (χ3n) is 4.52. The summed E-state index contributed by atoms with van der Waals surface area (Å²) in [4.78, 5) is 52.1. The van der Waals surface area contributed by atoms with Crippen molar-refractivity contribution in [2.75, 3.05) is 11.9 Å². The van der Waals surface area contributed by atoms with Gasteiger partial charge < -0.3 is 10.1 Å². The number of rotatable bonds is 7. The zero-order valence-electron chi connectivity index (χ0n) is 16.7. The number of ketones is 1. The van der Waals surface area contributed by atoms with E-state index in [2.05, 4.69) is 10.3 Å². The number of hydrogen-bond donors (Lipinski definition) is 1. The first-order valence-electron chi connectivity index (χ1n) is 9.36.